The molecule has 5 heteroatoms. The lowest BCUT2D eigenvalue weighted by Crippen LogP contribution is -2.30. The maximum atomic E-state index is 11.9. The van der Waals surface area contributed by atoms with Gasteiger partial charge in [0, 0.05) is 18.0 Å². The first-order valence-electron chi connectivity index (χ1n) is 5.61. The average Bonchev–Trinajstić information content (AvgIpc) is 2.84. The molecule has 18 heavy (non-hydrogen) atoms. The summed E-state index contributed by atoms with van der Waals surface area (Å²) in [5.74, 6) is 0.124. The molecule has 1 aliphatic carbocycles. The van der Waals surface area contributed by atoms with Gasteiger partial charge in [-0.2, -0.15) is 0 Å². The molecule has 0 fully saturated rings. The zero-order valence-corrected chi connectivity index (χ0v) is 9.59. The summed E-state index contributed by atoms with van der Waals surface area (Å²) in [7, 11) is 0. The van der Waals surface area contributed by atoms with Crippen molar-refractivity contribution in [1.29, 1.82) is 0 Å². The normalized spacial score (nSPS) is 17.8. The highest BCUT2D eigenvalue weighted by atomic mass is 16.6. The SMILES string of the molecule is C=C1C=CC1CNC(=O)c1ccc2nonc2c1. The molecule has 0 radical (unpaired) electrons. The van der Waals surface area contributed by atoms with Crippen LogP contribution in [0.4, 0.5) is 0 Å². The molecule has 5 nitrogen and oxygen atoms in total. The molecular weight excluding hydrogens is 230 g/mol. The monoisotopic (exact) mass is 241 g/mol. The molecule has 1 unspecified atom stereocenters. The maximum absolute atomic E-state index is 11.9. The Morgan fingerprint density at radius 2 is 2.22 bits per heavy atom. The van der Waals surface area contributed by atoms with Crippen LogP contribution in [0.5, 0.6) is 0 Å². The van der Waals surface area contributed by atoms with Crippen LogP contribution in [0.15, 0.2) is 47.1 Å². The van der Waals surface area contributed by atoms with E-state index < -0.39 is 0 Å². The number of carbonyl (C=O) groups is 1. The van der Waals surface area contributed by atoms with Crippen LogP contribution < -0.4 is 5.32 Å². The van der Waals surface area contributed by atoms with E-state index >= 15 is 0 Å². The fourth-order valence-electron chi connectivity index (χ4n) is 1.80. The van der Waals surface area contributed by atoms with E-state index in [1.165, 1.54) is 0 Å². The average molecular weight is 241 g/mol. The fourth-order valence-corrected chi connectivity index (χ4v) is 1.80. The molecule has 1 aliphatic rings. The minimum absolute atomic E-state index is 0.131. The largest absolute Gasteiger partial charge is 0.351 e. The van der Waals surface area contributed by atoms with Gasteiger partial charge in [0.25, 0.3) is 5.91 Å². The number of fused-ring (bicyclic) bond motifs is 1. The summed E-state index contributed by atoms with van der Waals surface area (Å²) in [6.45, 7) is 4.43. The van der Waals surface area contributed by atoms with Crippen molar-refractivity contribution in [3.8, 4) is 0 Å². The zero-order chi connectivity index (χ0) is 12.5. The molecule has 2 aromatic rings. The van der Waals surface area contributed by atoms with E-state index in [1.54, 1.807) is 18.2 Å². The first kappa shape index (κ1) is 10.7. The van der Waals surface area contributed by atoms with Crippen molar-refractivity contribution in [3.05, 3.63) is 48.1 Å². The van der Waals surface area contributed by atoms with Gasteiger partial charge in [-0.3, -0.25) is 4.79 Å². The summed E-state index contributed by atoms with van der Waals surface area (Å²) in [5.41, 5.74) is 2.82. The van der Waals surface area contributed by atoms with Crippen LogP contribution in [0.25, 0.3) is 11.0 Å². The second-order valence-electron chi connectivity index (χ2n) is 4.22. The Kier molecular flexibility index (Phi) is 2.44. The first-order chi connectivity index (χ1) is 8.74. The van der Waals surface area contributed by atoms with Crippen molar-refractivity contribution in [2.24, 2.45) is 5.92 Å². The summed E-state index contributed by atoms with van der Waals surface area (Å²) in [5, 5.41) is 10.3. The number of nitrogens with one attached hydrogen (secondary N) is 1. The molecule has 1 N–H and O–H groups in total. The topological polar surface area (TPSA) is 68.0 Å². The van der Waals surface area contributed by atoms with E-state index in [4.69, 9.17) is 0 Å². The third kappa shape index (κ3) is 1.79. The first-order valence-corrected chi connectivity index (χ1v) is 5.61. The third-order valence-electron chi connectivity index (χ3n) is 3.02. The Balaban J connectivity index is 1.71. The summed E-state index contributed by atoms with van der Waals surface area (Å²) in [6, 6.07) is 5.07. The van der Waals surface area contributed by atoms with Crippen molar-refractivity contribution in [2.75, 3.05) is 6.54 Å². The van der Waals surface area contributed by atoms with Crippen LogP contribution in [-0.2, 0) is 0 Å². The molecule has 1 atom stereocenters. The minimum Gasteiger partial charge on any atom is -0.351 e. The van der Waals surface area contributed by atoms with Gasteiger partial charge in [-0.05, 0) is 34.1 Å². The molecule has 0 aliphatic heterocycles. The Morgan fingerprint density at radius 1 is 1.39 bits per heavy atom. The molecule has 0 spiro atoms. The number of rotatable bonds is 3. The summed E-state index contributed by atoms with van der Waals surface area (Å²) >= 11 is 0. The van der Waals surface area contributed by atoms with Crippen LogP contribution >= 0.6 is 0 Å². The fraction of sp³-hybridized carbons (Fsp3) is 0.154. The summed E-state index contributed by atoms with van der Waals surface area (Å²) in [4.78, 5) is 11.9. The Morgan fingerprint density at radius 3 is 2.94 bits per heavy atom. The van der Waals surface area contributed by atoms with Crippen molar-refractivity contribution < 1.29 is 9.42 Å². The minimum atomic E-state index is -0.131. The van der Waals surface area contributed by atoms with Crippen molar-refractivity contribution in [2.45, 2.75) is 0 Å². The third-order valence-corrected chi connectivity index (χ3v) is 3.02. The van der Waals surface area contributed by atoms with Crippen LogP contribution in [0, 0.1) is 5.92 Å². The van der Waals surface area contributed by atoms with Crippen molar-refractivity contribution in [1.82, 2.24) is 15.6 Å². The Labute approximate surface area is 103 Å². The number of amides is 1. The molecule has 90 valence electrons. The highest BCUT2D eigenvalue weighted by Crippen LogP contribution is 2.21. The van der Waals surface area contributed by atoms with Crippen molar-refractivity contribution in [3.63, 3.8) is 0 Å². The van der Waals surface area contributed by atoms with Gasteiger partial charge in [-0.1, -0.05) is 18.7 Å². The number of nitrogens with zero attached hydrogens (tertiary/aromatic N) is 2. The van der Waals surface area contributed by atoms with E-state index in [0.717, 1.165) is 5.57 Å². The molecule has 0 saturated heterocycles. The molecular formula is C13H11N3O2. The number of aromatic nitrogens is 2. The van der Waals surface area contributed by atoms with E-state index in [0.29, 0.717) is 23.1 Å². The molecule has 1 amide bonds. The highest BCUT2D eigenvalue weighted by molar-refractivity contribution is 5.97. The lowest BCUT2D eigenvalue weighted by molar-refractivity contribution is 0.0951. The highest BCUT2D eigenvalue weighted by Gasteiger charge is 2.16. The number of benzene rings is 1. The molecule has 1 aromatic carbocycles. The van der Waals surface area contributed by atoms with Gasteiger partial charge in [-0.15, -0.1) is 0 Å². The van der Waals surface area contributed by atoms with Gasteiger partial charge in [0.1, 0.15) is 11.0 Å². The number of allylic oxidation sites excluding steroid dienone is 1. The molecule has 1 aromatic heterocycles. The second-order valence-corrected chi connectivity index (χ2v) is 4.22. The predicted molar refractivity (Wildman–Crippen MR) is 65.9 cm³/mol. The standard InChI is InChI=1S/C13H11N3O2/c1-8-2-3-10(8)7-14-13(17)9-4-5-11-12(6-9)16-18-15-11/h2-6,10H,1,7H2,(H,14,17). The Bertz CT molecular complexity index is 657. The van der Waals surface area contributed by atoms with Gasteiger partial charge >= 0.3 is 0 Å². The lowest BCUT2D eigenvalue weighted by Gasteiger charge is -2.21. The Hall–Kier alpha value is -2.43. The number of hydrogen-bond acceptors (Lipinski definition) is 4. The van der Waals surface area contributed by atoms with Gasteiger partial charge in [0.05, 0.1) is 0 Å². The van der Waals surface area contributed by atoms with Crippen LogP contribution in [0.1, 0.15) is 10.4 Å². The van der Waals surface area contributed by atoms with Crippen LogP contribution in [0.3, 0.4) is 0 Å². The van der Waals surface area contributed by atoms with E-state index in [1.807, 2.05) is 12.2 Å². The predicted octanol–water partition coefficient (Wildman–Crippen LogP) is 1.69. The summed E-state index contributed by atoms with van der Waals surface area (Å²) in [6.07, 6.45) is 3.97. The van der Waals surface area contributed by atoms with Gasteiger partial charge in [0.2, 0.25) is 0 Å². The van der Waals surface area contributed by atoms with E-state index in [2.05, 4.69) is 26.8 Å². The van der Waals surface area contributed by atoms with Gasteiger partial charge in [-0.25, -0.2) is 4.63 Å². The summed E-state index contributed by atoms with van der Waals surface area (Å²) < 4.78 is 4.59. The quantitative estimate of drug-likeness (QED) is 0.888. The number of hydrogen-bond donors (Lipinski definition) is 1. The molecule has 3 rings (SSSR count). The molecule has 0 saturated carbocycles. The van der Waals surface area contributed by atoms with E-state index in [-0.39, 0.29) is 11.8 Å². The van der Waals surface area contributed by atoms with Gasteiger partial charge < -0.3 is 5.32 Å². The number of carbonyl (C=O) groups excluding carboxylic acids is 1. The smallest absolute Gasteiger partial charge is 0.251 e. The van der Waals surface area contributed by atoms with Crippen molar-refractivity contribution >= 4 is 16.9 Å². The second kappa shape index (κ2) is 4.10. The van der Waals surface area contributed by atoms with E-state index in [9.17, 15) is 4.79 Å². The van der Waals surface area contributed by atoms with Crippen LogP contribution in [-0.4, -0.2) is 22.8 Å². The zero-order valence-electron chi connectivity index (χ0n) is 9.59. The van der Waals surface area contributed by atoms with Crippen LogP contribution in [0.2, 0.25) is 0 Å². The lowest BCUT2D eigenvalue weighted by atomic mass is 9.90. The van der Waals surface area contributed by atoms with Gasteiger partial charge in [0.15, 0.2) is 0 Å². The molecule has 0 bridgehead atoms. The maximum Gasteiger partial charge on any atom is 0.251 e. The molecule has 1 heterocycles.